The van der Waals surface area contributed by atoms with Gasteiger partial charge in [-0.2, -0.15) is 0 Å². The molecule has 0 aliphatic carbocycles. The highest BCUT2D eigenvalue weighted by molar-refractivity contribution is 6.10. The first-order valence-electron chi connectivity index (χ1n) is 10.0. The SMILES string of the molecule is CC(C(=O)c1c[nH]c2ccccc12)N1CCN(C(=O)COc2ccc(F)cc2)CC1. The summed E-state index contributed by atoms with van der Waals surface area (Å²) < 4.78 is 18.4. The number of ketones is 1. The number of H-pyrrole nitrogens is 1. The van der Waals surface area contributed by atoms with Crippen molar-refractivity contribution in [3.05, 3.63) is 66.1 Å². The summed E-state index contributed by atoms with van der Waals surface area (Å²) in [5.41, 5.74) is 1.65. The molecule has 0 bridgehead atoms. The topological polar surface area (TPSA) is 65.6 Å². The predicted molar refractivity (Wildman–Crippen MR) is 112 cm³/mol. The van der Waals surface area contributed by atoms with Gasteiger partial charge in [0.25, 0.3) is 5.91 Å². The number of halogens is 1. The molecule has 4 rings (SSSR count). The Hall–Kier alpha value is -3.19. The number of carbonyl (C=O) groups is 2. The van der Waals surface area contributed by atoms with Crippen LogP contribution in [0.5, 0.6) is 5.75 Å². The van der Waals surface area contributed by atoms with E-state index in [1.54, 1.807) is 11.1 Å². The van der Waals surface area contributed by atoms with E-state index in [9.17, 15) is 14.0 Å². The van der Waals surface area contributed by atoms with Crippen LogP contribution in [-0.2, 0) is 4.79 Å². The second kappa shape index (κ2) is 8.67. The fraction of sp³-hybridized carbons (Fsp3) is 0.304. The van der Waals surface area contributed by atoms with Crippen molar-refractivity contribution in [3.63, 3.8) is 0 Å². The molecular weight excluding hydrogens is 385 g/mol. The zero-order valence-corrected chi connectivity index (χ0v) is 16.8. The largest absolute Gasteiger partial charge is 0.484 e. The number of rotatable bonds is 6. The van der Waals surface area contributed by atoms with Crippen LogP contribution >= 0.6 is 0 Å². The van der Waals surface area contributed by atoms with Crippen LogP contribution in [-0.4, -0.2) is 65.3 Å². The molecule has 7 heteroatoms. The van der Waals surface area contributed by atoms with Crippen molar-refractivity contribution >= 4 is 22.6 Å². The molecule has 2 heterocycles. The number of para-hydroxylation sites is 1. The molecule has 0 spiro atoms. The molecule has 1 aliphatic rings. The Labute approximate surface area is 174 Å². The molecule has 156 valence electrons. The summed E-state index contributed by atoms with van der Waals surface area (Å²) in [6.07, 6.45) is 1.77. The molecule has 1 unspecified atom stereocenters. The lowest BCUT2D eigenvalue weighted by Gasteiger charge is -2.37. The van der Waals surface area contributed by atoms with Crippen LogP contribution in [0.4, 0.5) is 4.39 Å². The van der Waals surface area contributed by atoms with Gasteiger partial charge in [0.2, 0.25) is 0 Å². The molecule has 1 fully saturated rings. The maximum Gasteiger partial charge on any atom is 0.260 e. The molecule has 1 aromatic heterocycles. The normalized spacial score (nSPS) is 15.9. The fourth-order valence-corrected chi connectivity index (χ4v) is 3.79. The van der Waals surface area contributed by atoms with Gasteiger partial charge in [-0.25, -0.2) is 4.39 Å². The Kier molecular flexibility index (Phi) is 5.81. The van der Waals surface area contributed by atoms with Crippen molar-refractivity contribution in [2.75, 3.05) is 32.8 Å². The molecule has 2 aromatic carbocycles. The van der Waals surface area contributed by atoms with E-state index in [0.29, 0.717) is 37.5 Å². The number of nitrogens with zero attached hydrogens (tertiary/aromatic N) is 2. The van der Waals surface area contributed by atoms with Gasteiger partial charge in [0.05, 0.1) is 6.04 Å². The molecule has 0 radical (unpaired) electrons. The monoisotopic (exact) mass is 409 g/mol. The van der Waals surface area contributed by atoms with Gasteiger partial charge in [-0.3, -0.25) is 14.5 Å². The molecule has 0 saturated carbocycles. The summed E-state index contributed by atoms with van der Waals surface area (Å²) in [4.78, 5) is 32.4. The Morgan fingerprint density at radius 2 is 1.77 bits per heavy atom. The minimum absolute atomic E-state index is 0.0758. The molecular formula is C23H24FN3O3. The van der Waals surface area contributed by atoms with E-state index in [-0.39, 0.29) is 30.2 Å². The van der Waals surface area contributed by atoms with Crippen LogP contribution in [0.2, 0.25) is 0 Å². The molecule has 3 aromatic rings. The number of ether oxygens (including phenoxy) is 1. The number of aromatic nitrogens is 1. The van der Waals surface area contributed by atoms with Crippen molar-refractivity contribution in [1.82, 2.24) is 14.8 Å². The van der Waals surface area contributed by atoms with Gasteiger partial charge in [0.15, 0.2) is 12.4 Å². The first-order chi connectivity index (χ1) is 14.5. The minimum Gasteiger partial charge on any atom is -0.484 e. The maximum absolute atomic E-state index is 13.0. The number of hydrogen-bond donors (Lipinski definition) is 1. The van der Waals surface area contributed by atoms with E-state index in [4.69, 9.17) is 4.74 Å². The number of nitrogens with one attached hydrogen (secondary N) is 1. The zero-order valence-electron chi connectivity index (χ0n) is 16.8. The lowest BCUT2D eigenvalue weighted by atomic mass is 10.0. The van der Waals surface area contributed by atoms with Gasteiger partial charge in [0.1, 0.15) is 11.6 Å². The summed E-state index contributed by atoms with van der Waals surface area (Å²) in [6, 6.07) is 13.1. The number of carbonyl (C=O) groups excluding carboxylic acids is 2. The average Bonchev–Trinajstić information content (AvgIpc) is 3.22. The second-order valence-corrected chi connectivity index (χ2v) is 7.45. The van der Waals surface area contributed by atoms with E-state index in [1.165, 1.54) is 24.3 Å². The molecule has 1 amide bonds. The van der Waals surface area contributed by atoms with Crippen LogP contribution in [0.15, 0.2) is 54.7 Å². The molecule has 6 nitrogen and oxygen atoms in total. The summed E-state index contributed by atoms with van der Waals surface area (Å²) in [5.74, 6) is 0.0730. The van der Waals surface area contributed by atoms with E-state index in [0.717, 1.165) is 10.9 Å². The van der Waals surface area contributed by atoms with Gasteiger partial charge in [-0.15, -0.1) is 0 Å². The highest BCUT2D eigenvalue weighted by Crippen LogP contribution is 2.21. The number of fused-ring (bicyclic) bond motifs is 1. The van der Waals surface area contributed by atoms with Gasteiger partial charge in [-0.1, -0.05) is 18.2 Å². The van der Waals surface area contributed by atoms with Crippen LogP contribution < -0.4 is 4.74 Å². The van der Waals surface area contributed by atoms with Gasteiger partial charge < -0.3 is 14.6 Å². The van der Waals surface area contributed by atoms with Crippen molar-refractivity contribution in [2.24, 2.45) is 0 Å². The van der Waals surface area contributed by atoms with E-state index in [1.807, 2.05) is 31.2 Å². The fourth-order valence-electron chi connectivity index (χ4n) is 3.79. The van der Waals surface area contributed by atoms with E-state index >= 15 is 0 Å². The number of Topliss-reactive ketones (excluding diaryl/α,β-unsaturated/α-hetero) is 1. The van der Waals surface area contributed by atoms with Crippen molar-refractivity contribution in [2.45, 2.75) is 13.0 Å². The lowest BCUT2D eigenvalue weighted by Crippen LogP contribution is -2.53. The Bertz CT molecular complexity index is 1040. The lowest BCUT2D eigenvalue weighted by molar-refractivity contribution is -0.135. The molecule has 1 atom stereocenters. The minimum atomic E-state index is -0.346. The van der Waals surface area contributed by atoms with Crippen LogP contribution in [0.1, 0.15) is 17.3 Å². The number of hydrogen-bond acceptors (Lipinski definition) is 4. The van der Waals surface area contributed by atoms with Gasteiger partial charge >= 0.3 is 0 Å². The number of aromatic amines is 1. The van der Waals surface area contributed by atoms with E-state index in [2.05, 4.69) is 9.88 Å². The van der Waals surface area contributed by atoms with Crippen LogP contribution in [0.3, 0.4) is 0 Å². The maximum atomic E-state index is 13.0. The van der Waals surface area contributed by atoms with Crippen LogP contribution in [0.25, 0.3) is 10.9 Å². The summed E-state index contributed by atoms with van der Waals surface area (Å²) >= 11 is 0. The third kappa shape index (κ3) is 4.21. The Balaban J connectivity index is 1.30. The zero-order chi connectivity index (χ0) is 21.1. The highest BCUT2D eigenvalue weighted by atomic mass is 19.1. The van der Waals surface area contributed by atoms with Crippen LogP contribution in [0, 0.1) is 5.82 Å². The molecule has 30 heavy (non-hydrogen) atoms. The Morgan fingerprint density at radius 1 is 1.07 bits per heavy atom. The van der Waals surface area contributed by atoms with Gasteiger partial charge in [-0.05, 0) is 37.3 Å². The van der Waals surface area contributed by atoms with Crippen molar-refractivity contribution in [3.8, 4) is 5.75 Å². The quantitative estimate of drug-likeness (QED) is 0.636. The van der Waals surface area contributed by atoms with Crippen molar-refractivity contribution in [1.29, 1.82) is 0 Å². The van der Waals surface area contributed by atoms with Crippen molar-refractivity contribution < 1.29 is 18.7 Å². The highest BCUT2D eigenvalue weighted by Gasteiger charge is 2.29. The first-order valence-corrected chi connectivity index (χ1v) is 10.0. The third-order valence-electron chi connectivity index (χ3n) is 5.62. The van der Waals surface area contributed by atoms with Gasteiger partial charge in [0, 0.05) is 48.8 Å². The summed E-state index contributed by atoms with van der Waals surface area (Å²) in [7, 11) is 0. The number of amides is 1. The standard InChI is InChI=1S/C23H24FN3O3/c1-16(23(29)20-14-25-21-5-3-2-4-19(20)21)26-10-12-27(13-11-26)22(28)15-30-18-8-6-17(24)7-9-18/h2-9,14,16,25H,10-13,15H2,1H3. The predicted octanol–water partition coefficient (Wildman–Crippen LogP) is 3.10. The Morgan fingerprint density at radius 3 is 2.50 bits per heavy atom. The third-order valence-corrected chi connectivity index (χ3v) is 5.62. The smallest absolute Gasteiger partial charge is 0.260 e. The first kappa shape index (κ1) is 20.1. The molecule has 1 saturated heterocycles. The number of benzene rings is 2. The molecule has 1 aliphatic heterocycles. The number of piperazine rings is 1. The summed E-state index contributed by atoms with van der Waals surface area (Å²) in [5, 5.41) is 0.932. The second-order valence-electron chi connectivity index (χ2n) is 7.45. The average molecular weight is 409 g/mol. The van der Waals surface area contributed by atoms with E-state index < -0.39 is 0 Å². The summed E-state index contributed by atoms with van der Waals surface area (Å²) in [6.45, 7) is 4.15. The molecule has 1 N–H and O–H groups in total.